The topological polar surface area (TPSA) is 79.2 Å². The van der Waals surface area contributed by atoms with Gasteiger partial charge >= 0.3 is 0 Å². The maximum Gasteiger partial charge on any atom is 0.281 e. The quantitative estimate of drug-likeness (QED) is 0.523. The first-order chi connectivity index (χ1) is 13.6. The second kappa shape index (κ2) is 8.05. The lowest BCUT2D eigenvalue weighted by Gasteiger charge is -2.37. The van der Waals surface area contributed by atoms with Gasteiger partial charge < -0.3 is 24.8 Å². The molecule has 2 aromatic carbocycles. The molecule has 2 aliphatic rings. The van der Waals surface area contributed by atoms with Gasteiger partial charge in [0, 0.05) is 23.7 Å². The Morgan fingerprint density at radius 3 is 2.61 bits per heavy atom. The van der Waals surface area contributed by atoms with Crippen LogP contribution in [0.1, 0.15) is 35.6 Å². The van der Waals surface area contributed by atoms with Crippen LogP contribution in [-0.4, -0.2) is 46.0 Å². The fourth-order valence-corrected chi connectivity index (χ4v) is 5.86. The van der Waals surface area contributed by atoms with E-state index in [0.29, 0.717) is 19.6 Å². The van der Waals surface area contributed by atoms with Gasteiger partial charge in [0.15, 0.2) is 6.10 Å². The summed E-state index contributed by atoms with van der Waals surface area (Å²) in [5.74, 6) is 0.862. The predicted octanol–water partition coefficient (Wildman–Crippen LogP) is 1.66. The van der Waals surface area contributed by atoms with Crippen LogP contribution in [0, 0.1) is 0 Å². The van der Waals surface area contributed by atoms with E-state index in [1.165, 1.54) is 5.56 Å². The zero-order valence-corrected chi connectivity index (χ0v) is 16.8. The largest absolute Gasteiger partial charge is 0.494 e. The van der Waals surface area contributed by atoms with E-state index in [9.17, 15) is 15.3 Å². The minimum absolute atomic E-state index is 0.0301. The summed E-state index contributed by atoms with van der Waals surface area (Å²) in [6.45, 7) is 2.99. The lowest BCUT2D eigenvalue weighted by Crippen LogP contribution is -2.55. The molecule has 0 saturated carbocycles. The second-order valence-electron chi connectivity index (χ2n) is 7.44. The van der Waals surface area contributed by atoms with E-state index in [4.69, 9.17) is 9.47 Å². The van der Waals surface area contributed by atoms with Crippen LogP contribution in [0.15, 0.2) is 42.5 Å². The van der Waals surface area contributed by atoms with Crippen molar-refractivity contribution in [1.82, 2.24) is 0 Å². The van der Waals surface area contributed by atoms with E-state index < -0.39 is 17.1 Å². The van der Waals surface area contributed by atoms with Crippen molar-refractivity contribution in [3.05, 3.63) is 64.7 Å². The van der Waals surface area contributed by atoms with Gasteiger partial charge in [-0.15, -0.1) is 0 Å². The summed E-state index contributed by atoms with van der Waals surface area (Å²) >= 11 is 0.817. The average Bonchev–Trinajstić information content (AvgIpc) is 3.06. The molecule has 28 heavy (non-hydrogen) atoms. The second-order valence-corrected chi connectivity index (χ2v) is 9.10. The molecule has 1 fully saturated rings. The first-order valence-electron chi connectivity index (χ1n) is 9.72. The van der Waals surface area contributed by atoms with Gasteiger partial charge in [-0.3, -0.25) is 0 Å². The summed E-state index contributed by atoms with van der Waals surface area (Å²) in [7, 11) is 0. The van der Waals surface area contributed by atoms with Gasteiger partial charge in [0.05, 0.1) is 25.9 Å². The third kappa shape index (κ3) is 3.55. The lowest BCUT2D eigenvalue weighted by molar-refractivity contribution is -0.116. The minimum atomic E-state index is -1.00. The van der Waals surface area contributed by atoms with Gasteiger partial charge in [-0.25, -0.2) is 0 Å². The predicted molar refractivity (Wildman–Crippen MR) is 110 cm³/mol. The lowest BCUT2D eigenvalue weighted by atomic mass is 9.92. The van der Waals surface area contributed by atoms with Gasteiger partial charge in [-0.1, -0.05) is 24.3 Å². The Morgan fingerprint density at radius 2 is 1.89 bits per heavy atom. The van der Waals surface area contributed by atoms with Crippen molar-refractivity contribution < 1.29 is 24.8 Å². The van der Waals surface area contributed by atoms with Gasteiger partial charge in [-0.2, -0.15) is 0 Å². The molecule has 1 spiro atoms. The van der Waals surface area contributed by atoms with Crippen LogP contribution >= 0.6 is 0 Å². The number of fused-ring (bicyclic) bond motifs is 2. The summed E-state index contributed by atoms with van der Waals surface area (Å²) < 4.78 is 11.6. The molecule has 0 aromatic heterocycles. The van der Waals surface area contributed by atoms with Crippen molar-refractivity contribution in [2.45, 2.75) is 48.8 Å². The van der Waals surface area contributed by atoms with Crippen LogP contribution in [0.4, 0.5) is 0 Å². The van der Waals surface area contributed by atoms with Crippen molar-refractivity contribution in [1.29, 1.82) is 0 Å². The highest BCUT2D eigenvalue weighted by Crippen LogP contribution is 2.46. The van der Waals surface area contributed by atoms with Crippen LogP contribution in [0.5, 0.6) is 5.75 Å². The van der Waals surface area contributed by atoms with Gasteiger partial charge in [0.2, 0.25) is 0 Å². The SMILES string of the molecule is CCOc1ccc(Cc2ccc3c(c2)[C@]2(OC3)[SH+][C@H](CO)CC(O)[C@H]2O)cc1. The molecule has 150 valence electrons. The minimum Gasteiger partial charge on any atom is -0.494 e. The highest BCUT2D eigenvalue weighted by atomic mass is 32.2. The Bertz CT molecular complexity index is 824. The molecule has 1 unspecified atom stereocenters. The normalized spacial score (nSPS) is 29.1. The number of hydrogen-bond donors (Lipinski definition) is 3. The highest BCUT2D eigenvalue weighted by molar-refractivity contribution is 7.80. The van der Waals surface area contributed by atoms with E-state index in [1.54, 1.807) is 0 Å². The van der Waals surface area contributed by atoms with E-state index >= 15 is 0 Å². The maximum atomic E-state index is 10.8. The first kappa shape index (κ1) is 19.7. The number of aliphatic hydroxyl groups excluding tert-OH is 3. The first-order valence-corrected chi connectivity index (χ1v) is 10.7. The van der Waals surface area contributed by atoms with Crippen molar-refractivity contribution >= 4 is 11.8 Å². The molecular formula is C22H27O5S+. The van der Waals surface area contributed by atoms with Crippen LogP contribution in [0.25, 0.3) is 0 Å². The van der Waals surface area contributed by atoms with Crippen molar-refractivity contribution in [2.75, 3.05) is 13.2 Å². The Balaban J connectivity index is 1.61. The van der Waals surface area contributed by atoms with Crippen molar-refractivity contribution in [2.24, 2.45) is 0 Å². The molecule has 6 heteroatoms. The van der Waals surface area contributed by atoms with E-state index in [1.807, 2.05) is 25.1 Å². The number of rotatable bonds is 5. The standard InChI is InChI=1S/C22H26O5S/c1-2-26-17-7-4-14(5-8-17)9-15-3-6-16-13-27-22(19(16)10-15)21(25)20(24)11-18(12-23)28-22/h3-8,10,18,20-21,23-25H,2,9,11-13H2,1H3/p+1/t18-,20?,21+,22-/m0/s1. The van der Waals surface area contributed by atoms with Gasteiger partial charge in [0.25, 0.3) is 4.93 Å². The molecule has 4 atom stereocenters. The van der Waals surface area contributed by atoms with Crippen LogP contribution in [0.2, 0.25) is 0 Å². The maximum absolute atomic E-state index is 10.8. The molecular weight excluding hydrogens is 376 g/mol. The summed E-state index contributed by atoms with van der Waals surface area (Å²) in [6.07, 6.45) is -0.765. The zero-order chi connectivity index (χ0) is 19.7. The van der Waals surface area contributed by atoms with Gasteiger partial charge in [0.1, 0.15) is 11.0 Å². The average molecular weight is 404 g/mol. The van der Waals surface area contributed by atoms with E-state index in [0.717, 1.165) is 40.6 Å². The number of thiol groups is 1. The summed E-state index contributed by atoms with van der Waals surface area (Å²) in [5, 5.41) is 30.6. The Labute approximate surface area is 169 Å². The van der Waals surface area contributed by atoms with Crippen molar-refractivity contribution in [3.63, 3.8) is 0 Å². The molecule has 0 aliphatic carbocycles. The third-order valence-electron chi connectivity index (χ3n) is 5.51. The number of hydrogen-bond acceptors (Lipinski definition) is 5. The molecule has 0 radical (unpaired) electrons. The summed E-state index contributed by atoms with van der Waals surface area (Å²) in [5.41, 5.74) is 4.26. The smallest absolute Gasteiger partial charge is 0.281 e. The number of benzene rings is 2. The molecule has 1 saturated heterocycles. The van der Waals surface area contributed by atoms with Crippen molar-refractivity contribution in [3.8, 4) is 5.75 Å². The van der Waals surface area contributed by atoms with Crippen LogP contribution in [0.3, 0.4) is 0 Å². The molecule has 2 heterocycles. The number of ether oxygens (including phenoxy) is 2. The zero-order valence-electron chi connectivity index (χ0n) is 15.9. The van der Waals surface area contributed by atoms with Crippen LogP contribution in [-0.2, 0) is 34.5 Å². The van der Waals surface area contributed by atoms with Crippen LogP contribution < -0.4 is 4.74 Å². The monoisotopic (exact) mass is 403 g/mol. The summed E-state index contributed by atoms with van der Waals surface area (Å²) in [4.78, 5) is -0.963. The Hall–Kier alpha value is -1.57. The fraction of sp³-hybridized carbons (Fsp3) is 0.455. The Kier molecular flexibility index (Phi) is 5.67. The summed E-state index contributed by atoms with van der Waals surface area (Å²) in [6, 6.07) is 14.3. The fourth-order valence-electron chi connectivity index (χ4n) is 4.10. The van der Waals surface area contributed by atoms with E-state index in [-0.39, 0.29) is 11.9 Å². The van der Waals surface area contributed by atoms with Gasteiger partial charge in [-0.05, 0) is 48.2 Å². The number of aliphatic hydroxyl groups is 3. The Morgan fingerprint density at radius 1 is 1.14 bits per heavy atom. The molecule has 4 rings (SSSR count). The molecule has 0 bridgehead atoms. The molecule has 2 aliphatic heterocycles. The molecule has 2 aromatic rings. The third-order valence-corrected chi connectivity index (χ3v) is 7.27. The molecule has 5 nitrogen and oxygen atoms in total. The molecule has 0 amide bonds. The molecule has 3 N–H and O–H groups in total. The highest BCUT2D eigenvalue weighted by Gasteiger charge is 2.60. The van der Waals surface area contributed by atoms with E-state index in [2.05, 4.69) is 24.3 Å².